The fraction of sp³-hybridized carbons (Fsp3) is 0.562. The Bertz CT molecular complexity index is 692. The quantitative estimate of drug-likeness (QED) is 0.935. The number of carbonyl (C=O) groups is 1. The Balaban J connectivity index is 1.93. The van der Waals surface area contributed by atoms with Gasteiger partial charge in [-0.2, -0.15) is 5.10 Å². The second-order valence-electron chi connectivity index (χ2n) is 6.06. The summed E-state index contributed by atoms with van der Waals surface area (Å²) >= 11 is 0. The lowest BCUT2D eigenvalue weighted by Gasteiger charge is -2.25. The number of hydrogen-bond donors (Lipinski definition) is 1. The van der Waals surface area contributed by atoms with E-state index in [2.05, 4.69) is 15.1 Å². The minimum absolute atomic E-state index is 0.0171. The second kappa shape index (κ2) is 6.16. The summed E-state index contributed by atoms with van der Waals surface area (Å²) in [6.07, 6.45) is 4.09. The number of aromatic amines is 1. The number of aryl methyl sites for hydroxylation is 1. The lowest BCUT2D eigenvalue weighted by molar-refractivity contribution is -0.00715. The van der Waals surface area contributed by atoms with Crippen molar-refractivity contribution >= 4 is 5.91 Å². The van der Waals surface area contributed by atoms with Gasteiger partial charge in [-0.1, -0.05) is 0 Å². The normalized spacial score (nSPS) is 20.3. The summed E-state index contributed by atoms with van der Waals surface area (Å²) in [7, 11) is 1.80. The van der Waals surface area contributed by atoms with Crippen LogP contribution in [0, 0.1) is 0 Å². The molecule has 23 heavy (non-hydrogen) atoms. The lowest BCUT2D eigenvalue weighted by atomic mass is 9.99. The third-order valence-electron chi connectivity index (χ3n) is 4.21. The monoisotopic (exact) mass is 317 g/mol. The molecule has 0 aliphatic carbocycles. The van der Waals surface area contributed by atoms with E-state index in [0.717, 1.165) is 23.4 Å². The minimum atomic E-state index is -0.0778. The van der Waals surface area contributed by atoms with Gasteiger partial charge in [-0.25, -0.2) is 4.98 Å². The molecule has 2 atom stereocenters. The zero-order valence-corrected chi connectivity index (χ0v) is 14.0. The summed E-state index contributed by atoms with van der Waals surface area (Å²) in [5.74, 6) is -0.0171. The van der Waals surface area contributed by atoms with Crippen LogP contribution in [0.25, 0.3) is 0 Å². The maximum Gasteiger partial charge on any atom is 0.272 e. The molecule has 3 rings (SSSR count). The van der Waals surface area contributed by atoms with Gasteiger partial charge in [0.1, 0.15) is 5.69 Å². The summed E-state index contributed by atoms with van der Waals surface area (Å²) in [4.78, 5) is 21.7. The second-order valence-corrected chi connectivity index (χ2v) is 6.06. The molecule has 2 aromatic heterocycles. The molecular weight excluding hydrogens is 294 g/mol. The van der Waals surface area contributed by atoms with Gasteiger partial charge in [0.25, 0.3) is 5.91 Å². The molecule has 1 aliphatic rings. The number of nitrogens with zero attached hydrogens (tertiary/aromatic N) is 4. The van der Waals surface area contributed by atoms with Gasteiger partial charge in [-0.3, -0.25) is 9.48 Å². The Kier molecular flexibility index (Phi) is 4.21. The highest BCUT2D eigenvalue weighted by atomic mass is 16.5. The number of carbonyl (C=O) groups excluding carboxylic acids is 1. The molecule has 0 saturated carbocycles. The Morgan fingerprint density at radius 3 is 2.96 bits per heavy atom. The van der Waals surface area contributed by atoms with Crippen molar-refractivity contribution in [3.05, 3.63) is 35.2 Å². The number of hydrogen-bond acceptors (Lipinski definition) is 4. The molecule has 0 fully saturated rings. The van der Waals surface area contributed by atoms with Crippen molar-refractivity contribution in [3.8, 4) is 0 Å². The Labute approximate surface area is 135 Å². The SMILES string of the molecule is CCn1nc2c(c1C(=O)N(C)Cc1cnc[nH]1)C[C@H](C)O[C@@H]2C. The van der Waals surface area contributed by atoms with Crippen molar-refractivity contribution < 1.29 is 9.53 Å². The zero-order chi connectivity index (χ0) is 16.6. The van der Waals surface area contributed by atoms with Crippen LogP contribution < -0.4 is 0 Å². The predicted octanol–water partition coefficient (Wildman–Crippen LogP) is 1.92. The number of rotatable bonds is 4. The molecule has 0 saturated heterocycles. The molecule has 7 heteroatoms. The number of fused-ring (bicyclic) bond motifs is 1. The van der Waals surface area contributed by atoms with E-state index < -0.39 is 0 Å². The average Bonchev–Trinajstić information content (AvgIpc) is 3.13. The Hall–Kier alpha value is -2.15. The molecule has 0 unspecified atom stereocenters. The van der Waals surface area contributed by atoms with Crippen molar-refractivity contribution in [3.63, 3.8) is 0 Å². The highest BCUT2D eigenvalue weighted by molar-refractivity contribution is 5.94. The highest BCUT2D eigenvalue weighted by Crippen LogP contribution is 2.32. The summed E-state index contributed by atoms with van der Waals surface area (Å²) in [6.45, 7) is 7.17. The van der Waals surface area contributed by atoms with Crippen LogP contribution in [-0.2, 0) is 24.2 Å². The van der Waals surface area contributed by atoms with Gasteiger partial charge in [0.2, 0.25) is 0 Å². The van der Waals surface area contributed by atoms with Crippen LogP contribution in [0.2, 0.25) is 0 Å². The molecule has 1 N–H and O–H groups in total. The first-order valence-corrected chi connectivity index (χ1v) is 7.99. The van der Waals surface area contributed by atoms with E-state index in [-0.39, 0.29) is 18.1 Å². The maximum absolute atomic E-state index is 13.0. The molecule has 3 heterocycles. The van der Waals surface area contributed by atoms with Crippen molar-refractivity contribution in [2.45, 2.75) is 52.5 Å². The lowest BCUT2D eigenvalue weighted by Crippen LogP contribution is -2.30. The number of imidazole rings is 1. The maximum atomic E-state index is 13.0. The summed E-state index contributed by atoms with van der Waals surface area (Å²) < 4.78 is 7.64. The number of aromatic nitrogens is 4. The number of amides is 1. The largest absolute Gasteiger partial charge is 0.369 e. The van der Waals surface area contributed by atoms with E-state index in [9.17, 15) is 4.79 Å². The standard InChI is InChI=1S/C16H23N5O2/c1-5-21-15(13-6-10(2)23-11(3)14(13)19-21)16(22)20(4)8-12-7-17-9-18-12/h7,9-11H,5-6,8H2,1-4H3,(H,17,18)/t10-,11+/m0/s1. The Morgan fingerprint density at radius 2 is 2.30 bits per heavy atom. The van der Waals surface area contributed by atoms with Crippen LogP contribution in [0.4, 0.5) is 0 Å². The van der Waals surface area contributed by atoms with Gasteiger partial charge >= 0.3 is 0 Å². The first-order valence-electron chi connectivity index (χ1n) is 7.99. The van der Waals surface area contributed by atoms with Crippen LogP contribution >= 0.6 is 0 Å². The summed E-state index contributed by atoms with van der Waals surface area (Å²) in [5.41, 5.74) is 3.51. The van der Waals surface area contributed by atoms with E-state index in [1.54, 1.807) is 29.2 Å². The van der Waals surface area contributed by atoms with Crippen LogP contribution in [0.15, 0.2) is 12.5 Å². The predicted molar refractivity (Wildman–Crippen MR) is 85.0 cm³/mol. The van der Waals surface area contributed by atoms with Crippen molar-refractivity contribution in [1.82, 2.24) is 24.6 Å². The minimum Gasteiger partial charge on any atom is -0.369 e. The molecule has 124 valence electrons. The molecule has 7 nitrogen and oxygen atoms in total. The van der Waals surface area contributed by atoms with Gasteiger partial charge < -0.3 is 14.6 Å². The van der Waals surface area contributed by atoms with Gasteiger partial charge in [-0.15, -0.1) is 0 Å². The molecule has 0 aromatic carbocycles. The van der Waals surface area contributed by atoms with E-state index in [1.807, 2.05) is 20.8 Å². The third kappa shape index (κ3) is 2.88. The molecule has 1 aliphatic heterocycles. The molecule has 2 aromatic rings. The number of H-pyrrole nitrogens is 1. The van der Waals surface area contributed by atoms with E-state index in [0.29, 0.717) is 18.8 Å². The van der Waals surface area contributed by atoms with Gasteiger partial charge in [-0.05, 0) is 20.8 Å². The van der Waals surface area contributed by atoms with E-state index in [1.165, 1.54) is 0 Å². The van der Waals surface area contributed by atoms with Crippen LogP contribution in [0.3, 0.4) is 0 Å². The topological polar surface area (TPSA) is 76.0 Å². The first-order chi connectivity index (χ1) is 11.0. The van der Waals surface area contributed by atoms with Crippen LogP contribution in [0.1, 0.15) is 54.3 Å². The fourth-order valence-electron chi connectivity index (χ4n) is 3.14. The molecule has 1 amide bonds. The van der Waals surface area contributed by atoms with Crippen LogP contribution in [0.5, 0.6) is 0 Å². The molecule has 0 bridgehead atoms. The smallest absolute Gasteiger partial charge is 0.272 e. The number of ether oxygens (including phenoxy) is 1. The van der Waals surface area contributed by atoms with Crippen molar-refractivity contribution in [1.29, 1.82) is 0 Å². The zero-order valence-electron chi connectivity index (χ0n) is 14.0. The summed E-state index contributed by atoms with van der Waals surface area (Å²) in [5, 5.41) is 4.61. The molecule has 0 spiro atoms. The summed E-state index contributed by atoms with van der Waals surface area (Å²) in [6, 6.07) is 0. The van der Waals surface area contributed by atoms with Crippen molar-refractivity contribution in [2.75, 3.05) is 7.05 Å². The van der Waals surface area contributed by atoms with Crippen LogP contribution in [-0.4, -0.2) is 43.7 Å². The van der Waals surface area contributed by atoms with Gasteiger partial charge in [0.15, 0.2) is 0 Å². The fourth-order valence-corrected chi connectivity index (χ4v) is 3.14. The Morgan fingerprint density at radius 1 is 1.52 bits per heavy atom. The third-order valence-corrected chi connectivity index (χ3v) is 4.21. The average molecular weight is 317 g/mol. The van der Waals surface area contributed by atoms with Gasteiger partial charge in [0, 0.05) is 31.8 Å². The van der Waals surface area contributed by atoms with E-state index >= 15 is 0 Å². The number of nitrogens with one attached hydrogen (secondary N) is 1. The molecule has 0 radical (unpaired) electrons. The van der Waals surface area contributed by atoms with Gasteiger partial charge in [0.05, 0.1) is 36.5 Å². The highest BCUT2D eigenvalue weighted by Gasteiger charge is 2.32. The first kappa shape index (κ1) is 15.7. The molecular formula is C16H23N5O2. The van der Waals surface area contributed by atoms with E-state index in [4.69, 9.17) is 4.74 Å². The van der Waals surface area contributed by atoms with Crippen molar-refractivity contribution in [2.24, 2.45) is 0 Å².